The maximum Gasteiger partial charge on any atom is 0.237 e. The molecule has 1 N–H and O–H groups in total. The number of methoxy groups -OCH3 is 1. The van der Waals surface area contributed by atoms with Crippen molar-refractivity contribution in [1.29, 1.82) is 0 Å². The third-order valence-electron chi connectivity index (χ3n) is 4.63. The van der Waals surface area contributed by atoms with Crippen molar-refractivity contribution in [3.63, 3.8) is 0 Å². The summed E-state index contributed by atoms with van der Waals surface area (Å²) in [5.41, 5.74) is -0.0964. The number of hydrogen-bond acceptors (Lipinski definition) is 6. The fraction of sp³-hybridized carbons (Fsp3) is 0.261. The van der Waals surface area contributed by atoms with E-state index in [1.807, 2.05) is 19.1 Å². The Kier molecular flexibility index (Phi) is 8.05. The zero-order valence-corrected chi connectivity index (χ0v) is 19.2. The van der Waals surface area contributed by atoms with Crippen LogP contribution in [0.3, 0.4) is 0 Å². The predicted octanol–water partition coefficient (Wildman–Crippen LogP) is 5.01. The van der Waals surface area contributed by atoms with Crippen molar-refractivity contribution in [2.45, 2.75) is 36.9 Å². The predicted molar refractivity (Wildman–Crippen MR) is 123 cm³/mol. The lowest BCUT2D eigenvalue weighted by molar-refractivity contribution is -0.115. The first-order chi connectivity index (χ1) is 15.8. The van der Waals surface area contributed by atoms with Gasteiger partial charge in [-0.1, -0.05) is 30.0 Å². The van der Waals surface area contributed by atoms with Crippen LogP contribution in [0.5, 0.6) is 11.5 Å². The third kappa shape index (κ3) is 5.89. The van der Waals surface area contributed by atoms with Gasteiger partial charge in [-0.25, -0.2) is 8.78 Å². The molecule has 0 fully saturated rings. The van der Waals surface area contributed by atoms with Gasteiger partial charge in [0.15, 0.2) is 28.6 Å². The molecule has 33 heavy (non-hydrogen) atoms. The summed E-state index contributed by atoms with van der Waals surface area (Å²) >= 11 is 1.15. The summed E-state index contributed by atoms with van der Waals surface area (Å²) in [6.45, 7) is 7.66. The van der Waals surface area contributed by atoms with Gasteiger partial charge in [0, 0.05) is 12.6 Å². The molecule has 3 rings (SSSR count). The Balaban J connectivity index is 1.75. The van der Waals surface area contributed by atoms with Crippen molar-refractivity contribution in [2.24, 2.45) is 0 Å². The molecule has 2 unspecified atom stereocenters. The van der Waals surface area contributed by atoms with Crippen LogP contribution >= 0.6 is 11.8 Å². The molecule has 174 valence electrons. The molecule has 0 saturated heterocycles. The second-order valence-electron chi connectivity index (χ2n) is 7.02. The Hall–Kier alpha value is -3.40. The van der Waals surface area contributed by atoms with Crippen LogP contribution in [0.4, 0.5) is 14.5 Å². The Morgan fingerprint density at radius 3 is 2.61 bits per heavy atom. The molecule has 2 atom stereocenters. The highest BCUT2D eigenvalue weighted by molar-refractivity contribution is 8.00. The van der Waals surface area contributed by atoms with Gasteiger partial charge in [-0.15, -0.1) is 16.8 Å². The smallest absolute Gasteiger partial charge is 0.237 e. The van der Waals surface area contributed by atoms with Gasteiger partial charge in [-0.3, -0.25) is 9.36 Å². The van der Waals surface area contributed by atoms with E-state index in [0.29, 0.717) is 35.1 Å². The number of para-hydroxylation sites is 2. The molecule has 10 heteroatoms. The van der Waals surface area contributed by atoms with Crippen molar-refractivity contribution >= 4 is 23.4 Å². The standard InChI is InChI=1S/C23H24F2N4O3S/c1-5-12-29-21(14(2)32-20-9-7-6-8-19(20)31-4)27-28-23(29)33-15(3)22(30)26-18-11-10-16(24)13-17(18)25/h5-11,13-15H,1,12H2,2-4H3,(H,26,30). The topological polar surface area (TPSA) is 78.3 Å². The van der Waals surface area contributed by atoms with Gasteiger partial charge in [-0.2, -0.15) is 0 Å². The maximum absolute atomic E-state index is 13.9. The van der Waals surface area contributed by atoms with E-state index in [1.54, 1.807) is 36.8 Å². The van der Waals surface area contributed by atoms with Crippen LogP contribution in [-0.4, -0.2) is 33.0 Å². The first kappa shape index (κ1) is 24.2. The van der Waals surface area contributed by atoms with E-state index < -0.39 is 28.9 Å². The lowest BCUT2D eigenvalue weighted by atomic mass is 10.3. The number of carbonyl (C=O) groups is 1. The van der Waals surface area contributed by atoms with Gasteiger partial charge in [0.05, 0.1) is 18.0 Å². The molecule has 0 saturated carbocycles. The zero-order chi connectivity index (χ0) is 24.0. The molecule has 1 aromatic heterocycles. The van der Waals surface area contributed by atoms with Crippen molar-refractivity contribution < 1.29 is 23.0 Å². The average Bonchev–Trinajstić information content (AvgIpc) is 3.18. The molecule has 0 aliphatic rings. The van der Waals surface area contributed by atoms with Gasteiger partial charge in [0.1, 0.15) is 11.6 Å². The van der Waals surface area contributed by atoms with E-state index >= 15 is 0 Å². The number of thioether (sulfide) groups is 1. The highest BCUT2D eigenvalue weighted by Crippen LogP contribution is 2.32. The highest BCUT2D eigenvalue weighted by Gasteiger charge is 2.24. The molecule has 0 aliphatic heterocycles. The first-order valence-electron chi connectivity index (χ1n) is 10.1. The summed E-state index contributed by atoms with van der Waals surface area (Å²) in [4.78, 5) is 12.6. The van der Waals surface area contributed by atoms with Gasteiger partial charge < -0.3 is 14.8 Å². The highest BCUT2D eigenvalue weighted by atomic mass is 32.2. The number of nitrogens with one attached hydrogen (secondary N) is 1. The minimum atomic E-state index is -0.847. The summed E-state index contributed by atoms with van der Waals surface area (Å²) in [5, 5.41) is 10.8. The number of allylic oxidation sites excluding steroid dienone is 1. The summed E-state index contributed by atoms with van der Waals surface area (Å²) in [5.74, 6) is -0.336. The van der Waals surface area contributed by atoms with Gasteiger partial charge in [-0.05, 0) is 38.1 Å². The normalized spacial score (nSPS) is 12.6. The number of hydrogen-bond donors (Lipinski definition) is 1. The molecule has 0 radical (unpaired) electrons. The van der Waals surface area contributed by atoms with E-state index in [1.165, 1.54) is 6.07 Å². The van der Waals surface area contributed by atoms with Gasteiger partial charge in [0.25, 0.3) is 0 Å². The number of nitrogens with zero attached hydrogens (tertiary/aromatic N) is 3. The molecule has 2 aromatic carbocycles. The number of carbonyl (C=O) groups excluding carboxylic acids is 1. The molecule has 0 spiro atoms. The van der Waals surface area contributed by atoms with E-state index in [2.05, 4.69) is 22.1 Å². The van der Waals surface area contributed by atoms with Gasteiger partial charge >= 0.3 is 0 Å². The lowest BCUT2D eigenvalue weighted by Crippen LogP contribution is -2.23. The average molecular weight is 475 g/mol. The number of benzene rings is 2. The van der Waals surface area contributed by atoms with Crippen LogP contribution < -0.4 is 14.8 Å². The molecule has 1 heterocycles. The molecular formula is C23H24F2N4O3S. The first-order valence-corrected chi connectivity index (χ1v) is 11.0. The van der Waals surface area contributed by atoms with Crippen molar-refractivity contribution in [3.05, 3.63) is 72.6 Å². The van der Waals surface area contributed by atoms with Crippen LogP contribution in [0.1, 0.15) is 25.8 Å². The largest absolute Gasteiger partial charge is 0.493 e. The summed E-state index contributed by atoms with van der Waals surface area (Å²) < 4.78 is 40.1. The van der Waals surface area contributed by atoms with Crippen LogP contribution in [-0.2, 0) is 11.3 Å². The fourth-order valence-electron chi connectivity index (χ4n) is 2.98. The minimum Gasteiger partial charge on any atom is -0.493 e. The Morgan fingerprint density at radius 1 is 1.21 bits per heavy atom. The molecular weight excluding hydrogens is 450 g/mol. The van der Waals surface area contributed by atoms with E-state index in [0.717, 1.165) is 17.8 Å². The SMILES string of the molecule is C=CCn1c(SC(C)C(=O)Nc2ccc(F)cc2F)nnc1C(C)Oc1ccccc1OC. The quantitative estimate of drug-likeness (QED) is 0.329. The Morgan fingerprint density at radius 2 is 1.94 bits per heavy atom. The van der Waals surface area contributed by atoms with Gasteiger partial charge in [0.2, 0.25) is 5.91 Å². The van der Waals surface area contributed by atoms with Crippen LogP contribution in [0.25, 0.3) is 0 Å². The van der Waals surface area contributed by atoms with Crippen molar-refractivity contribution in [2.75, 3.05) is 12.4 Å². The second-order valence-corrected chi connectivity index (χ2v) is 8.33. The van der Waals surface area contributed by atoms with E-state index in [9.17, 15) is 13.6 Å². The van der Waals surface area contributed by atoms with Crippen LogP contribution in [0, 0.1) is 11.6 Å². The Labute approximate surface area is 194 Å². The van der Waals surface area contributed by atoms with Crippen molar-refractivity contribution in [1.82, 2.24) is 14.8 Å². The molecule has 3 aromatic rings. The lowest BCUT2D eigenvalue weighted by Gasteiger charge is -2.18. The minimum absolute atomic E-state index is 0.0964. The molecule has 0 aliphatic carbocycles. The number of amides is 1. The molecule has 0 bridgehead atoms. The maximum atomic E-state index is 13.9. The third-order valence-corrected chi connectivity index (χ3v) is 5.71. The zero-order valence-electron chi connectivity index (χ0n) is 18.4. The summed E-state index contributed by atoms with van der Waals surface area (Å²) in [7, 11) is 1.56. The summed E-state index contributed by atoms with van der Waals surface area (Å²) in [6.07, 6.45) is 1.21. The summed E-state index contributed by atoms with van der Waals surface area (Å²) in [6, 6.07) is 10.2. The number of aromatic nitrogens is 3. The molecule has 7 nitrogen and oxygen atoms in total. The van der Waals surface area contributed by atoms with Crippen LogP contribution in [0.2, 0.25) is 0 Å². The van der Waals surface area contributed by atoms with E-state index in [4.69, 9.17) is 9.47 Å². The number of rotatable bonds is 10. The molecule has 1 amide bonds. The van der Waals surface area contributed by atoms with Crippen molar-refractivity contribution in [3.8, 4) is 11.5 Å². The fourth-order valence-corrected chi connectivity index (χ4v) is 3.85. The Bertz CT molecular complexity index is 1140. The number of ether oxygens (including phenoxy) is 2. The number of anilines is 1. The van der Waals surface area contributed by atoms with Crippen LogP contribution in [0.15, 0.2) is 60.3 Å². The van der Waals surface area contributed by atoms with E-state index in [-0.39, 0.29) is 5.69 Å². The second kappa shape index (κ2) is 11.0. The number of halogens is 2. The monoisotopic (exact) mass is 474 g/mol.